The minimum absolute atomic E-state index is 0.294. The van der Waals surface area contributed by atoms with Crippen molar-refractivity contribution in [2.45, 2.75) is 51.4 Å². The first-order valence-electron chi connectivity index (χ1n) is 9.53. The van der Waals surface area contributed by atoms with Crippen molar-refractivity contribution in [3.05, 3.63) is 0 Å². The van der Waals surface area contributed by atoms with Crippen molar-refractivity contribution in [2.24, 2.45) is 5.92 Å². The van der Waals surface area contributed by atoms with Gasteiger partial charge in [-0.15, -0.1) is 0 Å². The predicted molar refractivity (Wildman–Crippen MR) is 90.0 cm³/mol. The van der Waals surface area contributed by atoms with Gasteiger partial charge >= 0.3 is 0 Å². The third-order valence-corrected chi connectivity index (χ3v) is 5.74. The number of likely N-dealkylation sites (tertiary alicyclic amines) is 1. The Bertz CT molecular complexity index is 406. The normalized spacial score (nSPS) is 24.2. The quantitative estimate of drug-likeness (QED) is 0.792. The minimum Gasteiger partial charge on any atom is -0.343 e. The van der Waals surface area contributed by atoms with Crippen molar-refractivity contribution in [3.63, 3.8) is 0 Å². The van der Waals surface area contributed by atoms with E-state index in [2.05, 4.69) is 9.80 Å². The molecule has 1 aliphatic carbocycles. The first-order chi connectivity index (χ1) is 11.2. The Hall–Kier alpha value is -1.10. The highest BCUT2D eigenvalue weighted by Crippen LogP contribution is 2.26. The van der Waals surface area contributed by atoms with Gasteiger partial charge in [0.1, 0.15) is 0 Å². The first kappa shape index (κ1) is 16.7. The zero-order chi connectivity index (χ0) is 16.1. The van der Waals surface area contributed by atoms with E-state index in [1.807, 2.05) is 4.90 Å². The molecule has 23 heavy (non-hydrogen) atoms. The van der Waals surface area contributed by atoms with Gasteiger partial charge in [-0.3, -0.25) is 14.5 Å². The molecule has 0 atom stereocenters. The van der Waals surface area contributed by atoms with Crippen LogP contribution in [0.1, 0.15) is 51.4 Å². The molecule has 2 saturated heterocycles. The molecular formula is C18H31N3O2. The van der Waals surface area contributed by atoms with Crippen molar-refractivity contribution < 1.29 is 9.59 Å². The second kappa shape index (κ2) is 8.13. The number of hydrogen-bond acceptors (Lipinski definition) is 3. The fraction of sp³-hybridized carbons (Fsp3) is 0.889. The Labute approximate surface area is 140 Å². The molecular weight excluding hydrogens is 290 g/mol. The summed E-state index contributed by atoms with van der Waals surface area (Å²) in [6, 6.07) is 0. The van der Waals surface area contributed by atoms with E-state index < -0.39 is 0 Å². The lowest BCUT2D eigenvalue weighted by Gasteiger charge is -2.36. The molecule has 0 aromatic carbocycles. The summed E-state index contributed by atoms with van der Waals surface area (Å²) in [6.07, 6.45) is 8.83. The summed E-state index contributed by atoms with van der Waals surface area (Å²) < 4.78 is 0. The molecule has 1 saturated carbocycles. The summed E-state index contributed by atoms with van der Waals surface area (Å²) in [5.74, 6) is 0.989. The lowest BCUT2D eigenvalue weighted by molar-refractivity contribution is -0.138. The molecule has 0 N–H and O–H groups in total. The van der Waals surface area contributed by atoms with Crippen LogP contribution in [0.25, 0.3) is 0 Å². The molecule has 0 aromatic rings. The SMILES string of the molecule is O=C(CCN1CCN(C(=O)C2CCCC2)CC1)N1CCCCC1. The van der Waals surface area contributed by atoms with E-state index in [0.717, 1.165) is 71.5 Å². The van der Waals surface area contributed by atoms with Crippen molar-refractivity contribution in [1.29, 1.82) is 0 Å². The predicted octanol–water partition coefficient (Wildman–Crippen LogP) is 1.72. The van der Waals surface area contributed by atoms with Crippen LogP contribution in [-0.4, -0.2) is 72.3 Å². The lowest BCUT2D eigenvalue weighted by atomic mass is 10.1. The number of hydrogen-bond donors (Lipinski definition) is 0. The van der Waals surface area contributed by atoms with E-state index in [-0.39, 0.29) is 0 Å². The summed E-state index contributed by atoms with van der Waals surface area (Å²) in [6.45, 7) is 6.27. The molecule has 2 amide bonds. The van der Waals surface area contributed by atoms with Crippen LogP contribution in [0.4, 0.5) is 0 Å². The van der Waals surface area contributed by atoms with Crippen LogP contribution >= 0.6 is 0 Å². The standard InChI is InChI=1S/C18H31N3O2/c22-17(20-9-4-1-5-10-20)8-11-19-12-14-21(15-13-19)18(23)16-6-2-3-7-16/h16H,1-15H2. The summed E-state index contributed by atoms with van der Waals surface area (Å²) in [5, 5.41) is 0. The summed E-state index contributed by atoms with van der Waals surface area (Å²) in [5.41, 5.74) is 0. The Morgan fingerprint density at radius 1 is 0.739 bits per heavy atom. The topological polar surface area (TPSA) is 43.9 Å². The van der Waals surface area contributed by atoms with Crippen LogP contribution in [0.5, 0.6) is 0 Å². The molecule has 130 valence electrons. The van der Waals surface area contributed by atoms with Gasteiger partial charge in [0, 0.05) is 58.2 Å². The zero-order valence-electron chi connectivity index (χ0n) is 14.3. The van der Waals surface area contributed by atoms with Crippen LogP contribution in [0.15, 0.2) is 0 Å². The number of piperidine rings is 1. The monoisotopic (exact) mass is 321 g/mol. The van der Waals surface area contributed by atoms with E-state index in [1.165, 1.54) is 19.3 Å². The second-order valence-electron chi connectivity index (χ2n) is 7.34. The third-order valence-electron chi connectivity index (χ3n) is 5.74. The molecule has 5 nitrogen and oxygen atoms in total. The number of nitrogens with zero attached hydrogens (tertiary/aromatic N) is 3. The van der Waals surface area contributed by atoms with Gasteiger partial charge in [-0.05, 0) is 32.1 Å². The number of piperazine rings is 1. The number of carbonyl (C=O) groups excluding carboxylic acids is 2. The van der Waals surface area contributed by atoms with E-state index in [0.29, 0.717) is 24.2 Å². The van der Waals surface area contributed by atoms with Crippen LogP contribution < -0.4 is 0 Å². The molecule has 0 spiro atoms. The van der Waals surface area contributed by atoms with Gasteiger partial charge in [0.2, 0.25) is 11.8 Å². The number of amides is 2. The fourth-order valence-corrected chi connectivity index (χ4v) is 4.18. The van der Waals surface area contributed by atoms with Gasteiger partial charge in [0.25, 0.3) is 0 Å². The molecule has 0 radical (unpaired) electrons. The Kier molecular flexibility index (Phi) is 5.92. The van der Waals surface area contributed by atoms with Crippen molar-refractivity contribution in [1.82, 2.24) is 14.7 Å². The largest absolute Gasteiger partial charge is 0.343 e. The van der Waals surface area contributed by atoms with Crippen molar-refractivity contribution in [2.75, 3.05) is 45.8 Å². The van der Waals surface area contributed by atoms with Gasteiger partial charge < -0.3 is 9.80 Å². The zero-order valence-corrected chi connectivity index (χ0v) is 14.3. The maximum Gasteiger partial charge on any atom is 0.225 e. The summed E-state index contributed by atoms with van der Waals surface area (Å²) in [4.78, 5) is 31.1. The van der Waals surface area contributed by atoms with Crippen LogP contribution in [0.3, 0.4) is 0 Å². The summed E-state index contributed by atoms with van der Waals surface area (Å²) >= 11 is 0. The summed E-state index contributed by atoms with van der Waals surface area (Å²) in [7, 11) is 0. The molecule has 3 fully saturated rings. The van der Waals surface area contributed by atoms with E-state index in [4.69, 9.17) is 0 Å². The van der Waals surface area contributed by atoms with Gasteiger partial charge in [-0.1, -0.05) is 12.8 Å². The van der Waals surface area contributed by atoms with Crippen LogP contribution in [0, 0.1) is 5.92 Å². The van der Waals surface area contributed by atoms with Crippen LogP contribution in [-0.2, 0) is 9.59 Å². The van der Waals surface area contributed by atoms with Gasteiger partial charge in [0.05, 0.1) is 0 Å². The Balaban J connectivity index is 1.35. The fourth-order valence-electron chi connectivity index (χ4n) is 4.18. The molecule has 0 aromatic heterocycles. The third kappa shape index (κ3) is 4.46. The lowest BCUT2D eigenvalue weighted by Crippen LogP contribution is -2.50. The average Bonchev–Trinajstić information content (AvgIpc) is 3.15. The van der Waals surface area contributed by atoms with Crippen molar-refractivity contribution in [3.8, 4) is 0 Å². The van der Waals surface area contributed by atoms with Crippen LogP contribution in [0.2, 0.25) is 0 Å². The highest BCUT2D eigenvalue weighted by molar-refractivity contribution is 5.79. The van der Waals surface area contributed by atoms with E-state index in [9.17, 15) is 9.59 Å². The number of carbonyl (C=O) groups is 2. The molecule has 2 aliphatic heterocycles. The van der Waals surface area contributed by atoms with Gasteiger partial charge in [0.15, 0.2) is 0 Å². The Morgan fingerprint density at radius 3 is 2.04 bits per heavy atom. The molecule has 3 rings (SSSR count). The Morgan fingerprint density at radius 2 is 1.39 bits per heavy atom. The van der Waals surface area contributed by atoms with E-state index >= 15 is 0 Å². The number of rotatable bonds is 4. The smallest absolute Gasteiger partial charge is 0.225 e. The maximum atomic E-state index is 12.4. The highest BCUT2D eigenvalue weighted by Gasteiger charge is 2.29. The van der Waals surface area contributed by atoms with E-state index in [1.54, 1.807) is 0 Å². The first-order valence-corrected chi connectivity index (χ1v) is 9.53. The molecule has 5 heteroatoms. The maximum absolute atomic E-state index is 12.4. The van der Waals surface area contributed by atoms with Crippen molar-refractivity contribution >= 4 is 11.8 Å². The van der Waals surface area contributed by atoms with Gasteiger partial charge in [-0.2, -0.15) is 0 Å². The molecule has 3 aliphatic rings. The molecule has 0 unspecified atom stereocenters. The molecule has 2 heterocycles. The average molecular weight is 321 g/mol. The van der Waals surface area contributed by atoms with Gasteiger partial charge in [-0.25, -0.2) is 0 Å². The highest BCUT2D eigenvalue weighted by atomic mass is 16.2. The molecule has 0 bridgehead atoms. The second-order valence-corrected chi connectivity index (χ2v) is 7.34. The minimum atomic E-state index is 0.294.